The summed E-state index contributed by atoms with van der Waals surface area (Å²) < 4.78 is 12.9. The highest BCUT2D eigenvalue weighted by atomic mass is 19.1. The maximum Gasteiger partial charge on any atom is 0.123 e. The first kappa shape index (κ1) is 13.5. The quantitative estimate of drug-likeness (QED) is 0.831. The molecular weight excluding hydrogens is 225 g/mol. The van der Waals surface area contributed by atoms with Crippen molar-refractivity contribution in [2.24, 2.45) is 5.92 Å². The molecule has 2 heteroatoms. The molecule has 1 aromatic carbocycles. The molecule has 1 aliphatic rings. The van der Waals surface area contributed by atoms with E-state index in [0.29, 0.717) is 12.1 Å². The normalized spacial score (nSPS) is 25.9. The van der Waals surface area contributed by atoms with E-state index in [0.717, 1.165) is 5.92 Å². The number of hydrogen-bond donors (Lipinski definition) is 1. The van der Waals surface area contributed by atoms with Crippen molar-refractivity contribution in [2.75, 3.05) is 0 Å². The molecule has 1 saturated carbocycles. The molecule has 100 valence electrons. The Labute approximate surface area is 110 Å². The first-order valence-corrected chi connectivity index (χ1v) is 7.20. The second-order valence-corrected chi connectivity index (χ2v) is 5.58. The predicted molar refractivity (Wildman–Crippen MR) is 74.0 cm³/mol. The van der Waals surface area contributed by atoms with Crippen LogP contribution in [-0.4, -0.2) is 6.04 Å². The zero-order valence-electron chi connectivity index (χ0n) is 11.5. The van der Waals surface area contributed by atoms with Gasteiger partial charge in [-0.15, -0.1) is 0 Å². The molecule has 0 spiro atoms. The molecule has 0 aromatic heterocycles. The van der Waals surface area contributed by atoms with E-state index in [4.69, 9.17) is 0 Å². The van der Waals surface area contributed by atoms with Crippen molar-refractivity contribution < 1.29 is 4.39 Å². The Balaban J connectivity index is 1.90. The third kappa shape index (κ3) is 3.55. The van der Waals surface area contributed by atoms with Crippen LogP contribution in [0.5, 0.6) is 0 Å². The van der Waals surface area contributed by atoms with Gasteiger partial charge in [-0.1, -0.05) is 38.3 Å². The van der Waals surface area contributed by atoms with Crippen LogP contribution in [0.3, 0.4) is 0 Å². The summed E-state index contributed by atoms with van der Waals surface area (Å²) in [6.45, 7) is 4.46. The van der Waals surface area contributed by atoms with Crippen LogP contribution in [0.2, 0.25) is 0 Å². The molecule has 18 heavy (non-hydrogen) atoms. The Morgan fingerprint density at radius 1 is 1.28 bits per heavy atom. The van der Waals surface area contributed by atoms with E-state index in [1.807, 2.05) is 12.1 Å². The molecule has 0 bridgehead atoms. The molecule has 0 heterocycles. The second kappa shape index (κ2) is 6.33. The lowest BCUT2D eigenvalue weighted by Gasteiger charge is -2.31. The number of hydrogen-bond acceptors (Lipinski definition) is 1. The highest BCUT2D eigenvalue weighted by Crippen LogP contribution is 2.28. The lowest BCUT2D eigenvalue weighted by Crippen LogP contribution is -2.35. The Bertz CT molecular complexity index is 360. The zero-order chi connectivity index (χ0) is 13.0. The zero-order valence-corrected chi connectivity index (χ0v) is 11.5. The van der Waals surface area contributed by atoms with Gasteiger partial charge in [-0.25, -0.2) is 4.39 Å². The van der Waals surface area contributed by atoms with Crippen molar-refractivity contribution >= 4 is 0 Å². The molecule has 0 saturated heterocycles. The molecule has 2 rings (SSSR count). The first-order chi connectivity index (χ1) is 8.69. The Kier molecular flexibility index (Phi) is 4.76. The van der Waals surface area contributed by atoms with Crippen LogP contribution in [0.15, 0.2) is 24.3 Å². The van der Waals surface area contributed by atoms with Crippen molar-refractivity contribution in [2.45, 2.75) is 58.0 Å². The van der Waals surface area contributed by atoms with E-state index < -0.39 is 0 Å². The first-order valence-electron chi connectivity index (χ1n) is 7.20. The average molecular weight is 249 g/mol. The summed E-state index contributed by atoms with van der Waals surface area (Å²) in [5, 5.41) is 3.70. The van der Waals surface area contributed by atoms with Gasteiger partial charge in [-0.2, -0.15) is 0 Å². The fourth-order valence-corrected chi connectivity index (χ4v) is 3.01. The van der Waals surface area contributed by atoms with Crippen LogP contribution >= 0.6 is 0 Å². The van der Waals surface area contributed by atoms with Gasteiger partial charge < -0.3 is 5.32 Å². The fraction of sp³-hybridized carbons (Fsp3) is 0.625. The third-order valence-corrected chi connectivity index (χ3v) is 4.22. The minimum absolute atomic E-state index is 0.158. The standard InChI is InChI=1S/C16H24FN/c1-3-13-5-4-6-16(11-13)18-12(2)14-7-9-15(17)10-8-14/h7-10,12-13,16,18H,3-6,11H2,1-2H3. The third-order valence-electron chi connectivity index (χ3n) is 4.22. The van der Waals surface area contributed by atoms with Crippen molar-refractivity contribution in [1.82, 2.24) is 5.32 Å². The average Bonchev–Trinajstić information content (AvgIpc) is 2.39. The van der Waals surface area contributed by atoms with Gasteiger partial charge in [0.05, 0.1) is 0 Å². The van der Waals surface area contributed by atoms with Gasteiger partial charge in [0.15, 0.2) is 0 Å². The molecule has 0 aliphatic heterocycles. The van der Waals surface area contributed by atoms with Crippen LogP contribution in [0, 0.1) is 11.7 Å². The molecular formula is C16H24FN. The maximum absolute atomic E-state index is 12.9. The van der Waals surface area contributed by atoms with Crippen molar-refractivity contribution in [3.05, 3.63) is 35.6 Å². The second-order valence-electron chi connectivity index (χ2n) is 5.58. The van der Waals surface area contributed by atoms with Gasteiger partial charge >= 0.3 is 0 Å². The minimum atomic E-state index is -0.158. The van der Waals surface area contributed by atoms with Crippen molar-refractivity contribution in [1.29, 1.82) is 0 Å². The summed E-state index contributed by atoms with van der Waals surface area (Å²) in [5.74, 6) is 0.728. The van der Waals surface area contributed by atoms with Gasteiger partial charge in [0, 0.05) is 12.1 Å². The minimum Gasteiger partial charge on any atom is -0.307 e. The van der Waals surface area contributed by atoms with Crippen LogP contribution in [0.4, 0.5) is 4.39 Å². The van der Waals surface area contributed by atoms with Crippen LogP contribution < -0.4 is 5.32 Å². The van der Waals surface area contributed by atoms with Crippen LogP contribution in [0.1, 0.15) is 57.6 Å². The molecule has 1 fully saturated rings. The fourth-order valence-electron chi connectivity index (χ4n) is 3.01. The molecule has 0 amide bonds. The molecule has 0 radical (unpaired) electrons. The molecule has 1 aromatic rings. The molecule has 1 nitrogen and oxygen atoms in total. The predicted octanol–water partition coefficient (Wildman–Crippen LogP) is 4.45. The summed E-state index contributed by atoms with van der Waals surface area (Å²) in [6.07, 6.45) is 6.60. The summed E-state index contributed by atoms with van der Waals surface area (Å²) >= 11 is 0. The summed E-state index contributed by atoms with van der Waals surface area (Å²) in [7, 11) is 0. The van der Waals surface area contributed by atoms with E-state index >= 15 is 0 Å². The number of nitrogens with one attached hydrogen (secondary N) is 1. The molecule has 3 atom stereocenters. The number of rotatable bonds is 4. The highest BCUT2D eigenvalue weighted by Gasteiger charge is 2.22. The van der Waals surface area contributed by atoms with E-state index in [2.05, 4.69) is 19.2 Å². The van der Waals surface area contributed by atoms with Gasteiger partial charge in [-0.3, -0.25) is 0 Å². The molecule has 3 unspecified atom stereocenters. The highest BCUT2D eigenvalue weighted by molar-refractivity contribution is 5.19. The van der Waals surface area contributed by atoms with Crippen LogP contribution in [-0.2, 0) is 0 Å². The topological polar surface area (TPSA) is 12.0 Å². The van der Waals surface area contributed by atoms with Gasteiger partial charge in [-0.05, 0) is 43.4 Å². The van der Waals surface area contributed by atoms with E-state index in [9.17, 15) is 4.39 Å². The van der Waals surface area contributed by atoms with Gasteiger partial charge in [0.25, 0.3) is 0 Å². The summed E-state index contributed by atoms with van der Waals surface area (Å²) in [5.41, 5.74) is 1.18. The van der Waals surface area contributed by atoms with Gasteiger partial charge in [0.2, 0.25) is 0 Å². The van der Waals surface area contributed by atoms with Gasteiger partial charge in [0.1, 0.15) is 5.82 Å². The summed E-state index contributed by atoms with van der Waals surface area (Å²) in [4.78, 5) is 0. The van der Waals surface area contributed by atoms with E-state index in [1.54, 1.807) is 12.1 Å². The van der Waals surface area contributed by atoms with E-state index in [-0.39, 0.29) is 5.82 Å². The maximum atomic E-state index is 12.9. The summed E-state index contributed by atoms with van der Waals surface area (Å²) in [6, 6.07) is 7.79. The lowest BCUT2D eigenvalue weighted by molar-refractivity contribution is 0.266. The van der Waals surface area contributed by atoms with Crippen LogP contribution in [0.25, 0.3) is 0 Å². The Hall–Kier alpha value is -0.890. The van der Waals surface area contributed by atoms with E-state index in [1.165, 1.54) is 37.7 Å². The van der Waals surface area contributed by atoms with Crippen molar-refractivity contribution in [3.63, 3.8) is 0 Å². The number of benzene rings is 1. The SMILES string of the molecule is CCC1CCCC(NC(C)c2ccc(F)cc2)C1. The smallest absolute Gasteiger partial charge is 0.123 e. The number of halogens is 1. The molecule has 1 N–H and O–H groups in total. The lowest BCUT2D eigenvalue weighted by atomic mass is 9.84. The largest absolute Gasteiger partial charge is 0.307 e. The Morgan fingerprint density at radius 2 is 2.00 bits per heavy atom. The monoisotopic (exact) mass is 249 g/mol. The van der Waals surface area contributed by atoms with Crippen molar-refractivity contribution in [3.8, 4) is 0 Å². The molecule has 1 aliphatic carbocycles. The Morgan fingerprint density at radius 3 is 2.67 bits per heavy atom.